The Morgan fingerprint density at radius 2 is 1.82 bits per heavy atom. The van der Waals surface area contributed by atoms with E-state index >= 15 is 0 Å². The average molecular weight is 561 g/mol. The highest BCUT2D eigenvalue weighted by Crippen LogP contribution is 2.40. The van der Waals surface area contributed by atoms with Gasteiger partial charge in [-0.05, 0) is 36.8 Å². The smallest absolute Gasteiger partial charge is 0.269 e. The summed E-state index contributed by atoms with van der Waals surface area (Å²) in [7, 11) is -2.68. The van der Waals surface area contributed by atoms with E-state index in [1.54, 1.807) is 31.0 Å². The van der Waals surface area contributed by atoms with Gasteiger partial charge in [-0.3, -0.25) is 19.8 Å². The molecular formula is C24H25ClN6O6S. The summed E-state index contributed by atoms with van der Waals surface area (Å²) in [6.45, 7) is 3.11. The van der Waals surface area contributed by atoms with Crippen molar-refractivity contribution in [1.82, 2.24) is 14.3 Å². The molecule has 0 radical (unpaired) electrons. The van der Waals surface area contributed by atoms with Gasteiger partial charge in [-0.15, -0.1) is 0 Å². The molecule has 0 saturated carbocycles. The van der Waals surface area contributed by atoms with Crippen LogP contribution < -0.4 is 9.80 Å². The first kappa shape index (κ1) is 27.4. The molecule has 0 bridgehead atoms. The third kappa shape index (κ3) is 5.18. The summed E-state index contributed by atoms with van der Waals surface area (Å²) in [5.74, 6) is -0.0854. The number of carbonyl (C=O) groups excluding carboxylic acids is 1. The molecule has 0 spiro atoms. The summed E-state index contributed by atoms with van der Waals surface area (Å²) < 4.78 is 28.4. The minimum absolute atomic E-state index is 0.0361. The number of aliphatic hydroxyl groups is 1. The summed E-state index contributed by atoms with van der Waals surface area (Å²) >= 11 is 5.99. The lowest BCUT2D eigenvalue weighted by Gasteiger charge is -2.31. The number of halogens is 1. The molecule has 200 valence electrons. The molecule has 0 aliphatic carbocycles. The van der Waals surface area contributed by atoms with Gasteiger partial charge in [0.25, 0.3) is 5.69 Å². The van der Waals surface area contributed by atoms with Crippen molar-refractivity contribution in [2.45, 2.75) is 37.6 Å². The number of amides is 1. The molecule has 2 heterocycles. The first-order valence-electron chi connectivity index (χ1n) is 11.5. The Morgan fingerprint density at radius 3 is 2.39 bits per heavy atom. The molecule has 1 N–H and O–H groups in total. The lowest BCUT2D eigenvalue weighted by atomic mass is 10.2. The van der Waals surface area contributed by atoms with E-state index in [1.165, 1.54) is 18.2 Å². The summed E-state index contributed by atoms with van der Waals surface area (Å²) in [4.78, 5) is 34.4. The third-order valence-corrected chi connectivity index (χ3v) is 8.41. The fourth-order valence-electron chi connectivity index (χ4n) is 4.37. The van der Waals surface area contributed by atoms with Crippen LogP contribution in [-0.4, -0.2) is 58.3 Å². The second kappa shape index (κ2) is 10.6. The number of carbonyl (C=O) groups is 1. The topological polar surface area (TPSA) is 150 Å². The number of hydrogen-bond acceptors (Lipinski definition) is 9. The van der Waals surface area contributed by atoms with Gasteiger partial charge in [0.15, 0.2) is 6.23 Å². The fourth-order valence-corrected chi connectivity index (χ4v) is 6.13. The van der Waals surface area contributed by atoms with Crippen molar-refractivity contribution in [2.24, 2.45) is 0 Å². The minimum atomic E-state index is -4.39. The van der Waals surface area contributed by atoms with Crippen molar-refractivity contribution in [2.75, 3.05) is 23.4 Å². The number of nitrogens with zero attached hydrogens (tertiary/aromatic N) is 6. The van der Waals surface area contributed by atoms with Crippen LogP contribution in [0, 0.1) is 10.1 Å². The summed E-state index contributed by atoms with van der Waals surface area (Å²) in [5.41, 5.74) is 0.634. The number of benzene rings is 2. The molecule has 38 heavy (non-hydrogen) atoms. The van der Waals surface area contributed by atoms with Crippen LogP contribution in [0.25, 0.3) is 0 Å². The summed E-state index contributed by atoms with van der Waals surface area (Å²) in [5, 5.41) is 23.2. The zero-order chi connectivity index (χ0) is 27.8. The van der Waals surface area contributed by atoms with Crippen molar-refractivity contribution >= 4 is 44.9 Å². The van der Waals surface area contributed by atoms with E-state index in [1.807, 2.05) is 12.1 Å². The van der Waals surface area contributed by atoms with Crippen molar-refractivity contribution < 1.29 is 23.2 Å². The Hall–Kier alpha value is -3.65. The Morgan fingerprint density at radius 1 is 1.18 bits per heavy atom. The van der Waals surface area contributed by atoms with Gasteiger partial charge in [0.2, 0.25) is 15.9 Å². The Bertz CT molecular complexity index is 1470. The molecule has 0 fully saturated rings. The highest BCUT2D eigenvalue weighted by atomic mass is 35.5. The fraction of sp³-hybridized carbons (Fsp3) is 0.292. The zero-order valence-corrected chi connectivity index (χ0v) is 22.3. The molecule has 3 aromatic rings. The Balaban J connectivity index is 1.82. The number of non-ortho nitro benzene ring substituents is 1. The number of nitro benzene ring substituents is 1. The van der Waals surface area contributed by atoms with Crippen molar-refractivity contribution in [3.8, 4) is 0 Å². The molecule has 1 amide bonds. The zero-order valence-electron chi connectivity index (χ0n) is 20.7. The van der Waals surface area contributed by atoms with Gasteiger partial charge >= 0.3 is 0 Å². The normalized spacial score (nSPS) is 18.0. The van der Waals surface area contributed by atoms with E-state index in [9.17, 15) is 28.4 Å². The predicted molar refractivity (Wildman–Crippen MR) is 140 cm³/mol. The molecule has 1 aliphatic heterocycles. The number of nitro groups is 1. The molecule has 12 nitrogen and oxygen atoms in total. The lowest BCUT2D eigenvalue weighted by Crippen LogP contribution is -2.45. The number of hydrogen-bond donors (Lipinski definition) is 1. The SMILES string of the molecule is CC(=O)N1C[C@@H](C)N(S(=O)(=O)c2ccc([N+](=O)[O-])cc2)[C@@H](O)c2c(N(C)Cc3ccc(Cl)cc3)ncnc21. The maximum Gasteiger partial charge on any atom is 0.269 e. The van der Waals surface area contributed by atoms with Gasteiger partial charge in [0, 0.05) is 50.3 Å². The minimum Gasteiger partial charge on any atom is -0.373 e. The van der Waals surface area contributed by atoms with Gasteiger partial charge in [-0.2, -0.15) is 4.31 Å². The van der Waals surface area contributed by atoms with Gasteiger partial charge in [0.05, 0.1) is 15.4 Å². The van der Waals surface area contributed by atoms with Crippen molar-refractivity contribution in [1.29, 1.82) is 0 Å². The van der Waals surface area contributed by atoms with E-state index in [0.717, 1.165) is 34.1 Å². The quantitative estimate of drug-likeness (QED) is 0.354. The highest BCUT2D eigenvalue weighted by molar-refractivity contribution is 7.89. The van der Waals surface area contributed by atoms with Crippen LogP contribution in [0.3, 0.4) is 0 Å². The average Bonchev–Trinajstić information content (AvgIpc) is 2.99. The number of fused-ring (bicyclic) bond motifs is 1. The monoisotopic (exact) mass is 560 g/mol. The van der Waals surface area contributed by atoms with Crippen LogP contribution in [-0.2, 0) is 21.4 Å². The maximum atomic E-state index is 13.8. The molecule has 14 heteroatoms. The van der Waals surface area contributed by atoms with Gasteiger partial charge in [0.1, 0.15) is 18.0 Å². The van der Waals surface area contributed by atoms with Crippen molar-refractivity contribution in [3.05, 3.63) is 81.1 Å². The van der Waals surface area contributed by atoms with Crippen LogP contribution in [0.2, 0.25) is 5.02 Å². The second-order valence-corrected chi connectivity index (χ2v) is 11.1. The van der Waals surface area contributed by atoms with E-state index in [0.29, 0.717) is 11.6 Å². The molecule has 4 rings (SSSR count). The molecule has 2 aromatic carbocycles. The van der Waals surface area contributed by atoms with E-state index in [4.69, 9.17) is 11.6 Å². The maximum absolute atomic E-state index is 13.8. The third-order valence-electron chi connectivity index (χ3n) is 6.18. The molecular weight excluding hydrogens is 536 g/mol. The second-order valence-electron chi connectivity index (χ2n) is 8.86. The standard InChI is InChI=1S/C24H25ClN6O6S/c1-15-12-29(16(2)32)23-21(22(26-14-27-23)28(3)13-17-4-6-18(25)7-5-17)24(33)30(15)38(36,37)20-10-8-19(9-11-20)31(34)35/h4-11,14-15,24,33H,12-13H2,1-3H3/t15-,24+/m1/s1. The van der Waals surface area contributed by atoms with Gasteiger partial charge in [-0.1, -0.05) is 23.7 Å². The number of sulfonamides is 1. The van der Waals surface area contributed by atoms with Crippen LogP contribution in [0.5, 0.6) is 0 Å². The molecule has 1 aliphatic rings. The molecule has 2 atom stereocenters. The van der Waals surface area contributed by atoms with E-state index in [2.05, 4.69) is 9.97 Å². The van der Waals surface area contributed by atoms with Gasteiger partial charge in [-0.25, -0.2) is 18.4 Å². The number of aromatic nitrogens is 2. The summed E-state index contributed by atoms with van der Waals surface area (Å²) in [6, 6.07) is 10.6. The van der Waals surface area contributed by atoms with Crippen LogP contribution in [0.1, 0.15) is 31.2 Å². The van der Waals surface area contributed by atoms with Crippen LogP contribution in [0.15, 0.2) is 59.8 Å². The molecule has 0 saturated heterocycles. The highest BCUT2D eigenvalue weighted by Gasteiger charge is 2.43. The van der Waals surface area contributed by atoms with Crippen LogP contribution >= 0.6 is 11.6 Å². The van der Waals surface area contributed by atoms with E-state index < -0.39 is 33.1 Å². The lowest BCUT2D eigenvalue weighted by molar-refractivity contribution is -0.384. The number of anilines is 2. The van der Waals surface area contributed by atoms with E-state index in [-0.39, 0.29) is 34.3 Å². The predicted octanol–water partition coefficient (Wildman–Crippen LogP) is 3.11. The van der Waals surface area contributed by atoms with Gasteiger partial charge < -0.3 is 10.0 Å². The first-order chi connectivity index (χ1) is 17.9. The number of rotatable bonds is 6. The van der Waals surface area contributed by atoms with Crippen LogP contribution in [0.4, 0.5) is 17.3 Å². The summed E-state index contributed by atoms with van der Waals surface area (Å²) in [6.07, 6.45) is -0.520. The molecule has 1 aromatic heterocycles. The number of aliphatic hydroxyl groups excluding tert-OH is 1. The molecule has 0 unspecified atom stereocenters. The Labute approximate surface area is 224 Å². The van der Waals surface area contributed by atoms with Crippen molar-refractivity contribution in [3.63, 3.8) is 0 Å². The largest absolute Gasteiger partial charge is 0.373 e. The Kier molecular flexibility index (Phi) is 7.65. The first-order valence-corrected chi connectivity index (χ1v) is 13.3.